The highest BCUT2D eigenvalue weighted by molar-refractivity contribution is 5.91. The van der Waals surface area contributed by atoms with Crippen LogP contribution >= 0.6 is 0 Å². The molecule has 5 rings (SSSR count). The van der Waals surface area contributed by atoms with Gasteiger partial charge in [-0.3, -0.25) is 9.59 Å². The van der Waals surface area contributed by atoms with Gasteiger partial charge >= 0.3 is 6.03 Å². The van der Waals surface area contributed by atoms with Gasteiger partial charge in [-0.25, -0.2) is 22.4 Å². The van der Waals surface area contributed by atoms with Crippen LogP contribution < -0.4 is 10.6 Å². The Labute approximate surface area is 223 Å². The number of carbonyl (C=O) groups is 3. The molecule has 0 aromatic heterocycles. The highest BCUT2D eigenvalue weighted by Gasteiger charge is 2.47. The van der Waals surface area contributed by atoms with Crippen LogP contribution in [0.4, 0.5) is 22.4 Å². The van der Waals surface area contributed by atoms with Crippen LogP contribution in [0.15, 0.2) is 48.5 Å². The van der Waals surface area contributed by atoms with Crippen LogP contribution in [-0.2, 0) is 9.59 Å². The number of nitrogens with zero attached hydrogens (tertiary/aromatic N) is 2. The first-order chi connectivity index (χ1) is 18.6. The molecule has 1 saturated carbocycles. The van der Waals surface area contributed by atoms with E-state index < -0.39 is 60.6 Å². The van der Waals surface area contributed by atoms with Crippen molar-refractivity contribution < 1.29 is 31.9 Å². The summed E-state index contributed by atoms with van der Waals surface area (Å²) in [5.41, 5.74) is 1.22. The highest BCUT2D eigenvalue weighted by Crippen LogP contribution is 2.49. The average molecular weight is 547 g/mol. The zero-order valence-electron chi connectivity index (χ0n) is 21.2. The molecule has 2 N–H and O–H groups in total. The Balaban J connectivity index is 1.31. The van der Waals surface area contributed by atoms with Gasteiger partial charge in [0.1, 0.15) is 18.0 Å². The Morgan fingerprint density at radius 1 is 1.03 bits per heavy atom. The fourth-order valence-corrected chi connectivity index (χ4v) is 5.37. The molecule has 39 heavy (non-hydrogen) atoms. The highest BCUT2D eigenvalue weighted by atomic mass is 19.3. The van der Waals surface area contributed by atoms with Crippen LogP contribution in [0.1, 0.15) is 54.3 Å². The van der Waals surface area contributed by atoms with Crippen LogP contribution in [0.2, 0.25) is 0 Å². The van der Waals surface area contributed by atoms with Crippen molar-refractivity contribution in [2.75, 3.05) is 26.2 Å². The molecule has 0 radical (unpaired) electrons. The third kappa shape index (κ3) is 5.86. The molecule has 2 aromatic rings. The van der Waals surface area contributed by atoms with Crippen molar-refractivity contribution >= 4 is 17.8 Å². The molecule has 1 aliphatic carbocycles. The number of halogens is 4. The monoisotopic (exact) mass is 546 g/mol. The summed E-state index contributed by atoms with van der Waals surface area (Å²) in [5, 5.41) is 5.35. The third-order valence-electron chi connectivity index (χ3n) is 7.71. The van der Waals surface area contributed by atoms with E-state index in [9.17, 15) is 27.6 Å². The molecule has 2 heterocycles. The molecule has 11 heteroatoms. The number of alkyl halides is 3. The van der Waals surface area contributed by atoms with Gasteiger partial charge in [-0.1, -0.05) is 42.5 Å². The SMILES string of the molecule is O=C(NC(c1ccccc1)c1ccc(C2CC(F)(F)C2)c(F)c1)C1CC(F)CN1C(=O)CNC(=O)N1CCC1. The quantitative estimate of drug-likeness (QED) is 0.517. The summed E-state index contributed by atoms with van der Waals surface area (Å²) in [4.78, 5) is 41.0. The number of benzene rings is 2. The predicted molar refractivity (Wildman–Crippen MR) is 134 cm³/mol. The smallest absolute Gasteiger partial charge is 0.317 e. The lowest BCUT2D eigenvalue weighted by molar-refractivity contribution is -0.137. The van der Waals surface area contributed by atoms with Gasteiger partial charge in [-0.2, -0.15) is 0 Å². The van der Waals surface area contributed by atoms with E-state index in [2.05, 4.69) is 10.6 Å². The normalized spacial score (nSPS) is 23.0. The first kappa shape index (κ1) is 27.0. The van der Waals surface area contributed by atoms with E-state index in [0.29, 0.717) is 24.2 Å². The summed E-state index contributed by atoms with van der Waals surface area (Å²) in [5.74, 6) is -5.18. The molecule has 2 aliphatic heterocycles. The summed E-state index contributed by atoms with van der Waals surface area (Å²) in [7, 11) is 0. The molecule has 4 amide bonds. The van der Waals surface area contributed by atoms with Crippen molar-refractivity contribution in [1.29, 1.82) is 0 Å². The zero-order valence-corrected chi connectivity index (χ0v) is 21.2. The van der Waals surface area contributed by atoms with E-state index in [1.54, 1.807) is 41.3 Å². The van der Waals surface area contributed by atoms with Gasteiger partial charge in [-0.05, 0) is 35.1 Å². The van der Waals surface area contributed by atoms with E-state index in [-0.39, 0.29) is 31.1 Å². The van der Waals surface area contributed by atoms with Crippen LogP contribution in [0.5, 0.6) is 0 Å². The van der Waals surface area contributed by atoms with Crippen molar-refractivity contribution in [2.45, 2.75) is 55.8 Å². The second-order valence-corrected chi connectivity index (χ2v) is 10.5. The molecular formula is C28H30F4N4O3. The van der Waals surface area contributed by atoms with Gasteiger partial charge in [-0.15, -0.1) is 0 Å². The molecule has 3 fully saturated rings. The second-order valence-electron chi connectivity index (χ2n) is 10.5. The molecule has 3 atom stereocenters. The van der Waals surface area contributed by atoms with Crippen LogP contribution in [0, 0.1) is 5.82 Å². The Bertz CT molecular complexity index is 1230. The second kappa shape index (κ2) is 10.9. The topological polar surface area (TPSA) is 81.8 Å². The predicted octanol–water partition coefficient (Wildman–Crippen LogP) is 3.90. The number of carbonyl (C=O) groups excluding carboxylic acids is 3. The zero-order chi connectivity index (χ0) is 27.7. The van der Waals surface area contributed by atoms with Crippen molar-refractivity contribution in [3.63, 3.8) is 0 Å². The molecule has 208 valence electrons. The van der Waals surface area contributed by atoms with Gasteiger partial charge in [0.05, 0.1) is 19.1 Å². The number of amides is 4. The maximum atomic E-state index is 15.0. The lowest BCUT2D eigenvalue weighted by Crippen LogP contribution is -2.52. The summed E-state index contributed by atoms with van der Waals surface area (Å²) in [6, 6.07) is 10.7. The van der Waals surface area contributed by atoms with E-state index in [1.165, 1.54) is 12.1 Å². The number of urea groups is 1. The maximum Gasteiger partial charge on any atom is 0.317 e. The Hall–Kier alpha value is -3.63. The van der Waals surface area contributed by atoms with Crippen LogP contribution in [-0.4, -0.2) is 72.0 Å². The summed E-state index contributed by atoms with van der Waals surface area (Å²) < 4.78 is 56.1. The largest absolute Gasteiger partial charge is 0.343 e. The number of hydrogen-bond acceptors (Lipinski definition) is 3. The molecule has 0 spiro atoms. The maximum absolute atomic E-state index is 15.0. The first-order valence-corrected chi connectivity index (χ1v) is 13.1. The Morgan fingerprint density at radius 3 is 2.36 bits per heavy atom. The molecule has 3 unspecified atom stereocenters. The minimum Gasteiger partial charge on any atom is -0.343 e. The Kier molecular flexibility index (Phi) is 7.51. The van der Waals surface area contributed by atoms with Crippen molar-refractivity contribution in [2.24, 2.45) is 0 Å². The fraction of sp³-hybridized carbons (Fsp3) is 0.464. The summed E-state index contributed by atoms with van der Waals surface area (Å²) >= 11 is 0. The number of likely N-dealkylation sites (tertiary alicyclic amines) is 2. The number of nitrogens with one attached hydrogen (secondary N) is 2. The summed E-state index contributed by atoms with van der Waals surface area (Å²) in [6.07, 6.45) is -1.54. The van der Waals surface area contributed by atoms with Crippen molar-refractivity contribution in [3.05, 3.63) is 71.0 Å². The third-order valence-corrected chi connectivity index (χ3v) is 7.71. The molecule has 0 bridgehead atoms. The molecule has 3 aliphatic rings. The summed E-state index contributed by atoms with van der Waals surface area (Å²) in [6.45, 7) is 0.580. The van der Waals surface area contributed by atoms with E-state index in [4.69, 9.17) is 0 Å². The van der Waals surface area contributed by atoms with E-state index in [1.807, 2.05) is 0 Å². The lowest BCUT2D eigenvalue weighted by atomic mass is 9.76. The molecule has 2 aromatic carbocycles. The van der Waals surface area contributed by atoms with Crippen LogP contribution in [0.25, 0.3) is 0 Å². The lowest BCUT2D eigenvalue weighted by Gasteiger charge is -2.35. The average Bonchev–Trinajstić information content (AvgIpc) is 3.25. The van der Waals surface area contributed by atoms with Gasteiger partial charge < -0.3 is 20.4 Å². The minimum atomic E-state index is -2.78. The van der Waals surface area contributed by atoms with Gasteiger partial charge in [0.25, 0.3) is 0 Å². The molecular weight excluding hydrogens is 516 g/mol. The molecule has 7 nitrogen and oxygen atoms in total. The number of hydrogen-bond donors (Lipinski definition) is 2. The van der Waals surface area contributed by atoms with E-state index >= 15 is 4.39 Å². The van der Waals surface area contributed by atoms with Crippen molar-refractivity contribution in [3.8, 4) is 0 Å². The standard InChI is InChI=1S/C28H30F4N4O3/c29-20-12-23(36(16-20)24(37)15-33-27(39)35-9-4-10-35)26(38)34-25(17-5-2-1-3-6-17)18-7-8-21(22(30)11-18)19-13-28(31,32)14-19/h1-3,5-8,11,19-20,23,25H,4,9-10,12-16H2,(H,33,39)(H,34,38). The van der Waals surface area contributed by atoms with E-state index in [0.717, 1.165) is 11.3 Å². The van der Waals surface area contributed by atoms with Gasteiger partial charge in [0, 0.05) is 32.4 Å². The minimum absolute atomic E-state index is 0.205. The van der Waals surface area contributed by atoms with Crippen molar-refractivity contribution in [1.82, 2.24) is 20.4 Å². The Morgan fingerprint density at radius 2 is 1.74 bits per heavy atom. The van der Waals surface area contributed by atoms with Crippen LogP contribution in [0.3, 0.4) is 0 Å². The number of rotatable bonds is 7. The van der Waals surface area contributed by atoms with Gasteiger partial charge in [0.2, 0.25) is 17.7 Å². The molecule has 2 saturated heterocycles. The van der Waals surface area contributed by atoms with Gasteiger partial charge in [0.15, 0.2) is 0 Å². The fourth-order valence-electron chi connectivity index (χ4n) is 5.37. The first-order valence-electron chi connectivity index (χ1n) is 13.1.